The average molecular weight is 596 g/mol. The van der Waals surface area contributed by atoms with E-state index in [-0.39, 0.29) is 23.5 Å². The second-order valence-corrected chi connectivity index (χ2v) is 11.7. The van der Waals surface area contributed by atoms with Gasteiger partial charge in [0.05, 0.1) is 47.0 Å². The number of carboxylic acids is 1. The second kappa shape index (κ2) is 11.9. The molecular formula is C34H34FN5O4. The SMILES string of the molecule is CC(c1nc2ccc(C(=O)O)cc2n1CC1CCO1)N1CCC(c2cccc(OCc3cccc4cc(F)cnc34)n2)CC1. The largest absolute Gasteiger partial charge is 0.478 e. The molecule has 0 bridgehead atoms. The highest BCUT2D eigenvalue weighted by atomic mass is 19.1. The molecule has 226 valence electrons. The van der Waals surface area contributed by atoms with Gasteiger partial charge < -0.3 is 19.1 Å². The quantitative estimate of drug-likeness (QED) is 0.217. The Hall–Kier alpha value is -4.41. The van der Waals surface area contributed by atoms with Crippen LogP contribution in [0.3, 0.4) is 0 Å². The van der Waals surface area contributed by atoms with Crippen molar-refractivity contribution in [2.75, 3.05) is 19.7 Å². The molecule has 0 radical (unpaired) electrons. The van der Waals surface area contributed by atoms with Gasteiger partial charge in [0.15, 0.2) is 0 Å². The Morgan fingerprint density at radius 1 is 1.09 bits per heavy atom. The summed E-state index contributed by atoms with van der Waals surface area (Å²) in [5.74, 6) is 0.508. The summed E-state index contributed by atoms with van der Waals surface area (Å²) in [7, 11) is 0. The van der Waals surface area contributed by atoms with Crippen molar-refractivity contribution < 1.29 is 23.8 Å². The number of para-hydroxylation sites is 1. The lowest BCUT2D eigenvalue weighted by Gasteiger charge is -2.36. The van der Waals surface area contributed by atoms with E-state index in [2.05, 4.69) is 27.4 Å². The molecule has 2 unspecified atom stereocenters. The van der Waals surface area contributed by atoms with Gasteiger partial charge in [-0.25, -0.2) is 19.2 Å². The third-order valence-electron chi connectivity index (χ3n) is 8.96. The zero-order valence-corrected chi connectivity index (χ0v) is 24.5. The maximum atomic E-state index is 13.6. The predicted octanol–water partition coefficient (Wildman–Crippen LogP) is 6.13. The van der Waals surface area contributed by atoms with Crippen molar-refractivity contribution in [1.82, 2.24) is 24.4 Å². The minimum atomic E-state index is -0.943. The van der Waals surface area contributed by atoms with Crippen LogP contribution in [0.1, 0.15) is 65.6 Å². The van der Waals surface area contributed by atoms with Crippen molar-refractivity contribution in [2.45, 2.75) is 57.4 Å². The molecule has 2 aliphatic rings. The number of halogens is 1. The van der Waals surface area contributed by atoms with E-state index >= 15 is 0 Å². The summed E-state index contributed by atoms with van der Waals surface area (Å²) in [6.45, 7) is 5.68. The Balaban J connectivity index is 1.03. The fourth-order valence-corrected chi connectivity index (χ4v) is 6.37. The maximum absolute atomic E-state index is 13.6. The lowest BCUT2D eigenvalue weighted by Crippen LogP contribution is -2.37. The first-order valence-corrected chi connectivity index (χ1v) is 15.1. The highest BCUT2D eigenvalue weighted by molar-refractivity contribution is 5.92. The molecule has 0 amide bonds. The number of aromatic carboxylic acids is 1. The van der Waals surface area contributed by atoms with Gasteiger partial charge in [-0.15, -0.1) is 0 Å². The minimum Gasteiger partial charge on any atom is -0.478 e. The molecule has 2 saturated heterocycles. The summed E-state index contributed by atoms with van der Waals surface area (Å²) in [5, 5.41) is 10.3. The number of hydrogen-bond acceptors (Lipinski definition) is 7. The number of piperidine rings is 1. The number of carboxylic acid groups (broad SMARTS) is 1. The smallest absolute Gasteiger partial charge is 0.335 e. The van der Waals surface area contributed by atoms with E-state index in [9.17, 15) is 14.3 Å². The fraction of sp³-hybridized carbons (Fsp3) is 0.353. The number of nitrogens with zero attached hydrogens (tertiary/aromatic N) is 5. The number of ether oxygens (including phenoxy) is 2. The Kier molecular flexibility index (Phi) is 7.69. The van der Waals surface area contributed by atoms with Crippen molar-refractivity contribution in [3.63, 3.8) is 0 Å². The van der Waals surface area contributed by atoms with Crippen LogP contribution in [0.2, 0.25) is 0 Å². The minimum absolute atomic E-state index is 0.0575. The normalized spacial score (nSPS) is 18.4. The number of pyridine rings is 2. The van der Waals surface area contributed by atoms with E-state index in [0.29, 0.717) is 24.9 Å². The van der Waals surface area contributed by atoms with Crippen LogP contribution in [0, 0.1) is 5.82 Å². The molecule has 0 saturated carbocycles. The summed E-state index contributed by atoms with van der Waals surface area (Å²) < 4.78 is 27.6. The highest BCUT2D eigenvalue weighted by Crippen LogP contribution is 2.34. The third-order valence-corrected chi connectivity index (χ3v) is 8.96. The first-order valence-electron chi connectivity index (χ1n) is 15.1. The van der Waals surface area contributed by atoms with Crippen LogP contribution in [0.5, 0.6) is 5.88 Å². The number of hydrogen-bond donors (Lipinski definition) is 1. The summed E-state index contributed by atoms with van der Waals surface area (Å²) >= 11 is 0. The van der Waals surface area contributed by atoms with Crippen molar-refractivity contribution in [3.8, 4) is 5.88 Å². The summed E-state index contributed by atoms with van der Waals surface area (Å²) in [6.07, 6.45) is 4.25. The molecule has 3 aromatic heterocycles. The number of imidazole rings is 1. The molecule has 44 heavy (non-hydrogen) atoms. The number of aromatic nitrogens is 4. The summed E-state index contributed by atoms with van der Waals surface area (Å²) in [6, 6.07) is 18.3. The Morgan fingerprint density at radius 2 is 1.91 bits per heavy atom. The fourth-order valence-electron chi connectivity index (χ4n) is 6.37. The first-order chi connectivity index (χ1) is 21.4. The molecule has 10 heteroatoms. The molecule has 2 aromatic carbocycles. The van der Waals surface area contributed by atoms with Gasteiger partial charge in [-0.2, -0.15) is 0 Å². The van der Waals surface area contributed by atoms with Gasteiger partial charge in [-0.1, -0.05) is 24.3 Å². The third kappa shape index (κ3) is 5.62. The molecule has 1 N–H and O–H groups in total. The molecule has 5 aromatic rings. The monoisotopic (exact) mass is 595 g/mol. The molecule has 0 spiro atoms. The van der Waals surface area contributed by atoms with Gasteiger partial charge >= 0.3 is 5.97 Å². The topological polar surface area (TPSA) is 103 Å². The van der Waals surface area contributed by atoms with E-state index in [1.807, 2.05) is 30.3 Å². The molecule has 5 heterocycles. The molecule has 2 aliphatic heterocycles. The van der Waals surface area contributed by atoms with Crippen LogP contribution < -0.4 is 4.74 Å². The summed E-state index contributed by atoms with van der Waals surface area (Å²) in [5.41, 5.74) is 4.52. The van der Waals surface area contributed by atoms with Gasteiger partial charge in [0.1, 0.15) is 18.2 Å². The Bertz CT molecular complexity index is 1830. The van der Waals surface area contributed by atoms with Crippen molar-refractivity contribution in [1.29, 1.82) is 0 Å². The van der Waals surface area contributed by atoms with Crippen LogP contribution >= 0.6 is 0 Å². The molecule has 0 aliphatic carbocycles. The molecule has 2 atom stereocenters. The van der Waals surface area contributed by atoms with Crippen LogP contribution in [-0.4, -0.2) is 61.3 Å². The van der Waals surface area contributed by atoms with E-state index in [1.54, 1.807) is 18.2 Å². The van der Waals surface area contributed by atoms with Gasteiger partial charge in [0.2, 0.25) is 5.88 Å². The van der Waals surface area contributed by atoms with Crippen LogP contribution in [0.4, 0.5) is 4.39 Å². The van der Waals surface area contributed by atoms with Crippen molar-refractivity contribution in [3.05, 3.63) is 95.3 Å². The Morgan fingerprint density at radius 3 is 2.68 bits per heavy atom. The number of likely N-dealkylation sites (tertiary alicyclic amines) is 1. The standard InChI is InChI=1S/C34H34FN5O4/c1-21(33-38-29-9-8-24(34(41)42)17-30(29)40(33)19-27-12-15-43-27)39-13-10-22(11-14-39)28-6-3-7-31(37-28)44-20-25-5-2-4-23-16-26(35)18-36-32(23)25/h2-9,16-18,21-22,27H,10-15,19-20H2,1H3,(H,41,42). The first kappa shape index (κ1) is 28.4. The molecule has 7 rings (SSSR count). The van der Waals surface area contributed by atoms with E-state index in [1.165, 1.54) is 12.3 Å². The predicted molar refractivity (Wildman–Crippen MR) is 163 cm³/mol. The highest BCUT2D eigenvalue weighted by Gasteiger charge is 2.30. The van der Waals surface area contributed by atoms with E-state index < -0.39 is 5.97 Å². The zero-order chi connectivity index (χ0) is 30.2. The number of carbonyl (C=O) groups is 1. The van der Waals surface area contributed by atoms with Crippen LogP contribution in [0.25, 0.3) is 21.9 Å². The summed E-state index contributed by atoms with van der Waals surface area (Å²) in [4.78, 5) is 28.2. The number of rotatable bonds is 9. The van der Waals surface area contributed by atoms with Crippen LogP contribution in [-0.2, 0) is 17.9 Å². The lowest BCUT2D eigenvalue weighted by molar-refractivity contribution is -0.0594. The van der Waals surface area contributed by atoms with Gasteiger partial charge in [-0.3, -0.25) is 9.88 Å². The van der Waals surface area contributed by atoms with Gasteiger partial charge in [0.25, 0.3) is 0 Å². The van der Waals surface area contributed by atoms with E-state index in [4.69, 9.17) is 19.4 Å². The van der Waals surface area contributed by atoms with Crippen molar-refractivity contribution >= 4 is 27.9 Å². The van der Waals surface area contributed by atoms with Crippen molar-refractivity contribution in [2.24, 2.45) is 0 Å². The molecular weight excluding hydrogens is 561 g/mol. The lowest BCUT2D eigenvalue weighted by atomic mass is 9.92. The van der Waals surface area contributed by atoms with Gasteiger partial charge in [-0.05, 0) is 69.6 Å². The number of benzene rings is 2. The number of fused-ring (bicyclic) bond motifs is 2. The Labute approximate surface area is 254 Å². The van der Waals surface area contributed by atoms with Gasteiger partial charge in [0, 0.05) is 35.2 Å². The van der Waals surface area contributed by atoms with E-state index in [0.717, 1.165) is 78.0 Å². The van der Waals surface area contributed by atoms with Crippen LogP contribution in [0.15, 0.2) is 66.9 Å². The second-order valence-electron chi connectivity index (χ2n) is 11.7. The molecule has 2 fully saturated rings. The molecule has 9 nitrogen and oxygen atoms in total. The maximum Gasteiger partial charge on any atom is 0.335 e. The average Bonchev–Trinajstić information content (AvgIpc) is 3.39. The zero-order valence-electron chi connectivity index (χ0n) is 24.5.